The predicted octanol–water partition coefficient (Wildman–Crippen LogP) is 2.87. The molecular formula is C15H25N3O2S. The minimum absolute atomic E-state index is 0.0735. The van der Waals surface area contributed by atoms with Gasteiger partial charge in [0.15, 0.2) is 0 Å². The molecule has 2 N–H and O–H groups in total. The second-order valence-electron chi connectivity index (χ2n) is 6.00. The number of hydrogen-bond donors (Lipinski definition) is 2. The van der Waals surface area contributed by atoms with Gasteiger partial charge in [0.25, 0.3) is 0 Å². The van der Waals surface area contributed by atoms with Gasteiger partial charge in [-0.1, -0.05) is 13.8 Å². The fraction of sp³-hybridized carbons (Fsp3) is 0.733. The molecule has 0 unspecified atom stereocenters. The molecular weight excluding hydrogens is 286 g/mol. The number of thiazole rings is 1. The first-order valence-corrected chi connectivity index (χ1v) is 8.43. The average Bonchev–Trinajstić information content (AvgIpc) is 3.04. The zero-order valence-corrected chi connectivity index (χ0v) is 14.0. The maximum Gasteiger partial charge on any atom is 0.315 e. The molecule has 2 heterocycles. The van der Waals surface area contributed by atoms with Crippen LogP contribution in [0.3, 0.4) is 0 Å². The highest BCUT2D eigenvalue weighted by Gasteiger charge is 2.30. The Bertz CT molecular complexity index is 475. The van der Waals surface area contributed by atoms with Gasteiger partial charge in [0.2, 0.25) is 0 Å². The summed E-state index contributed by atoms with van der Waals surface area (Å²) in [5.41, 5.74) is 0.914. The molecule has 1 aliphatic heterocycles. The zero-order valence-electron chi connectivity index (χ0n) is 13.2. The summed E-state index contributed by atoms with van der Waals surface area (Å²) in [5, 5.41) is 8.90. The molecule has 2 amide bonds. The van der Waals surface area contributed by atoms with E-state index >= 15 is 0 Å². The molecule has 1 saturated heterocycles. The van der Waals surface area contributed by atoms with Crippen LogP contribution in [0, 0.1) is 18.8 Å². The Morgan fingerprint density at radius 2 is 2.29 bits per heavy atom. The number of carbonyl (C=O) groups excluding carboxylic acids is 1. The fourth-order valence-electron chi connectivity index (χ4n) is 2.74. The van der Waals surface area contributed by atoms with Crippen LogP contribution in [0.15, 0.2) is 5.38 Å². The number of urea groups is 1. The standard InChI is InChI=1S/C15H25N3O2S/c1-9(2)14-12(5-6-20-14)7-16-15(19)17-10(3)13-8-21-11(4)18-13/h8-10,12,14H,5-7H2,1-4H3,(H2,16,17,19)/t10-,12-,14-/m0/s1. The van der Waals surface area contributed by atoms with Crippen LogP contribution < -0.4 is 10.6 Å². The molecule has 0 aliphatic carbocycles. The van der Waals surface area contributed by atoms with Gasteiger partial charge in [-0.2, -0.15) is 0 Å². The van der Waals surface area contributed by atoms with E-state index in [0.29, 0.717) is 18.4 Å². The van der Waals surface area contributed by atoms with Gasteiger partial charge in [0.05, 0.1) is 22.8 Å². The molecule has 6 heteroatoms. The highest BCUT2D eigenvalue weighted by molar-refractivity contribution is 7.09. The smallest absolute Gasteiger partial charge is 0.315 e. The van der Waals surface area contributed by atoms with E-state index in [2.05, 4.69) is 29.5 Å². The Morgan fingerprint density at radius 1 is 1.52 bits per heavy atom. The fourth-order valence-corrected chi connectivity index (χ4v) is 3.44. The van der Waals surface area contributed by atoms with E-state index in [4.69, 9.17) is 4.74 Å². The number of hydrogen-bond acceptors (Lipinski definition) is 4. The predicted molar refractivity (Wildman–Crippen MR) is 84.5 cm³/mol. The van der Waals surface area contributed by atoms with Gasteiger partial charge in [0.1, 0.15) is 0 Å². The van der Waals surface area contributed by atoms with Gasteiger partial charge in [-0.15, -0.1) is 11.3 Å². The lowest BCUT2D eigenvalue weighted by atomic mass is 9.93. The molecule has 0 saturated carbocycles. The van der Waals surface area contributed by atoms with Crippen molar-refractivity contribution < 1.29 is 9.53 Å². The monoisotopic (exact) mass is 311 g/mol. The Kier molecular flexibility index (Phi) is 5.58. The molecule has 0 bridgehead atoms. The van der Waals surface area contributed by atoms with Crippen molar-refractivity contribution in [1.29, 1.82) is 0 Å². The maximum absolute atomic E-state index is 12.0. The Labute approximate surface area is 130 Å². The highest BCUT2D eigenvalue weighted by atomic mass is 32.1. The lowest BCUT2D eigenvalue weighted by molar-refractivity contribution is 0.0545. The van der Waals surface area contributed by atoms with Gasteiger partial charge in [-0.25, -0.2) is 9.78 Å². The summed E-state index contributed by atoms with van der Waals surface area (Å²) in [5.74, 6) is 0.895. The van der Waals surface area contributed by atoms with E-state index in [1.807, 2.05) is 19.2 Å². The minimum Gasteiger partial charge on any atom is -0.378 e. The average molecular weight is 311 g/mol. The Morgan fingerprint density at radius 3 is 2.90 bits per heavy atom. The number of nitrogens with zero attached hydrogens (tertiary/aromatic N) is 1. The third-order valence-corrected chi connectivity index (χ3v) is 4.67. The first kappa shape index (κ1) is 16.2. The number of amides is 2. The normalized spacial score (nSPS) is 23.3. The van der Waals surface area contributed by atoms with Crippen LogP contribution in [0.2, 0.25) is 0 Å². The summed E-state index contributed by atoms with van der Waals surface area (Å²) in [4.78, 5) is 16.4. The molecule has 3 atom stereocenters. The molecule has 1 aliphatic rings. The number of rotatable bonds is 5. The van der Waals surface area contributed by atoms with E-state index in [1.54, 1.807) is 11.3 Å². The first-order chi connectivity index (χ1) is 9.97. The third-order valence-electron chi connectivity index (χ3n) is 3.87. The van der Waals surface area contributed by atoms with Crippen molar-refractivity contribution in [2.75, 3.05) is 13.2 Å². The van der Waals surface area contributed by atoms with E-state index in [-0.39, 0.29) is 18.2 Å². The number of nitrogens with one attached hydrogen (secondary N) is 2. The summed E-state index contributed by atoms with van der Waals surface area (Å²) in [7, 11) is 0. The summed E-state index contributed by atoms with van der Waals surface area (Å²) in [6.07, 6.45) is 1.27. The largest absolute Gasteiger partial charge is 0.378 e. The van der Waals surface area contributed by atoms with Gasteiger partial charge in [0, 0.05) is 24.4 Å². The molecule has 0 aromatic carbocycles. The third kappa shape index (κ3) is 4.41. The summed E-state index contributed by atoms with van der Waals surface area (Å²) >= 11 is 1.60. The van der Waals surface area contributed by atoms with Crippen LogP contribution in [0.25, 0.3) is 0 Å². The molecule has 118 valence electrons. The van der Waals surface area contributed by atoms with Gasteiger partial charge in [-0.3, -0.25) is 0 Å². The minimum atomic E-state index is -0.137. The van der Waals surface area contributed by atoms with Crippen LogP contribution in [-0.4, -0.2) is 30.3 Å². The van der Waals surface area contributed by atoms with Crippen LogP contribution in [-0.2, 0) is 4.74 Å². The van der Waals surface area contributed by atoms with Crippen molar-refractivity contribution in [2.45, 2.75) is 46.3 Å². The lowest BCUT2D eigenvalue weighted by Gasteiger charge is -2.22. The van der Waals surface area contributed by atoms with E-state index in [1.165, 1.54) is 0 Å². The summed E-state index contributed by atoms with van der Waals surface area (Å²) in [6, 6.07) is -0.210. The van der Waals surface area contributed by atoms with E-state index in [9.17, 15) is 4.79 Å². The van der Waals surface area contributed by atoms with Crippen LogP contribution >= 0.6 is 11.3 Å². The molecule has 0 radical (unpaired) electrons. The summed E-state index contributed by atoms with van der Waals surface area (Å²) < 4.78 is 5.73. The molecule has 5 nitrogen and oxygen atoms in total. The number of carbonyl (C=O) groups is 1. The van der Waals surface area contributed by atoms with Crippen LogP contribution in [0.4, 0.5) is 4.79 Å². The van der Waals surface area contributed by atoms with E-state index < -0.39 is 0 Å². The van der Waals surface area contributed by atoms with Crippen molar-refractivity contribution in [3.05, 3.63) is 16.1 Å². The van der Waals surface area contributed by atoms with Gasteiger partial charge >= 0.3 is 6.03 Å². The summed E-state index contributed by atoms with van der Waals surface area (Å²) in [6.45, 7) is 9.70. The van der Waals surface area contributed by atoms with Crippen molar-refractivity contribution >= 4 is 17.4 Å². The van der Waals surface area contributed by atoms with Crippen molar-refractivity contribution in [3.63, 3.8) is 0 Å². The number of ether oxygens (including phenoxy) is 1. The first-order valence-electron chi connectivity index (χ1n) is 7.55. The van der Waals surface area contributed by atoms with Gasteiger partial charge in [-0.05, 0) is 26.2 Å². The molecule has 1 fully saturated rings. The van der Waals surface area contributed by atoms with Crippen LogP contribution in [0.5, 0.6) is 0 Å². The van der Waals surface area contributed by atoms with Crippen LogP contribution in [0.1, 0.15) is 43.9 Å². The molecule has 0 spiro atoms. The topological polar surface area (TPSA) is 63.2 Å². The van der Waals surface area contributed by atoms with E-state index in [0.717, 1.165) is 23.7 Å². The Balaban J connectivity index is 1.77. The SMILES string of the molecule is Cc1nc([C@H](C)NC(=O)NC[C@@H]2CCO[C@H]2C(C)C)cs1. The molecule has 1 aromatic rings. The lowest BCUT2D eigenvalue weighted by Crippen LogP contribution is -2.41. The van der Waals surface area contributed by atoms with Crippen molar-refractivity contribution in [3.8, 4) is 0 Å². The number of aryl methyl sites for hydroxylation is 1. The van der Waals surface area contributed by atoms with Crippen molar-refractivity contribution in [1.82, 2.24) is 15.6 Å². The highest BCUT2D eigenvalue weighted by Crippen LogP contribution is 2.26. The molecule has 21 heavy (non-hydrogen) atoms. The Hall–Kier alpha value is -1.14. The second-order valence-corrected chi connectivity index (χ2v) is 7.06. The van der Waals surface area contributed by atoms with Crippen molar-refractivity contribution in [2.24, 2.45) is 11.8 Å². The second kappa shape index (κ2) is 7.22. The molecule has 1 aromatic heterocycles. The zero-order chi connectivity index (χ0) is 15.4. The molecule has 2 rings (SSSR count). The van der Waals surface area contributed by atoms with Gasteiger partial charge < -0.3 is 15.4 Å². The quantitative estimate of drug-likeness (QED) is 0.879. The maximum atomic E-state index is 12.0. The number of aromatic nitrogens is 1.